The average molecular weight is 471 g/mol. The molecule has 6 nitrogen and oxygen atoms in total. The van der Waals surface area contributed by atoms with Gasteiger partial charge in [-0.2, -0.15) is 0 Å². The number of nitrogens with zero attached hydrogens (tertiary/aromatic N) is 2. The van der Waals surface area contributed by atoms with Crippen molar-refractivity contribution >= 4 is 28.8 Å². The van der Waals surface area contributed by atoms with Gasteiger partial charge in [0.2, 0.25) is 0 Å². The molecule has 0 saturated carbocycles. The number of hydrogen-bond acceptors (Lipinski definition) is 5. The molecule has 1 unspecified atom stereocenters. The zero-order chi connectivity index (χ0) is 25.1. The van der Waals surface area contributed by atoms with Gasteiger partial charge in [-0.1, -0.05) is 43.3 Å². The Kier molecular flexibility index (Phi) is 6.92. The van der Waals surface area contributed by atoms with Crippen molar-refractivity contribution in [2.24, 2.45) is 0 Å². The average Bonchev–Trinajstić information content (AvgIpc) is 3.14. The Labute approximate surface area is 206 Å². The molecule has 1 atom stereocenters. The van der Waals surface area contributed by atoms with Crippen LogP contribution in [-0.4, -0.2) is 37.5 Å². The van der Waals surface area contributed by atoms with Crippen molar-refractivity contribution in [3.05, 3.63) is 95.1 Å². The maximum absolute atomic E-state index is 13.4. The zero-order valence-corrected chi connectivity index (χ0v) is 20.5. The molecule has 1 aliphatic rings. The molecule has 35 heavy (non-hydrogen) atoms. The van der Waals surface area contributed by atoms with Gasteiger partial charge >= 0.3 is 0 Å². The third-order valence-electron chi connectivity index (χ3n) is 6.21. The summed E-state index contributed by atoms with van der Waals surface area (Å²) in [6.07, 6.45) is 0.860. The molecule has 0 aromatic heterocycles. The second-order valence-corrected chi connectivity index (χ2v) is 8.64. The van der Waals surface area contributed by atoms with E-state index in [1.165, 1.54) is 4.90 Å². The van der Waals surface area contributed by atoms with E-state index in [2.05, 4.69) is 0 Å². The third kappa shape index (κ3) is 4.64. The standard InChI is InChI=1S/C29H30N2O4/c1-5-19-10-12-20(13-11-19)27(32)25-26(21-8-7-9-24(18-21)35-6-2)31(29(34)28(25)33)23-16-14-22(15-17-23)30(3)4/h7-18,26,32H,5-6H2,1-4H3/b27-25-. The molecule has 1 amide bonds. The summed E-state index contributed by atoms with van der Waals surface area (Å²) in [6, 6.07) is 21.3. The lowest BCUT2D eigenvalue weighted by Gasteiger charge is -2.26. The number of benzene rings is 3. The Morgan fingerprint density at radius 3 is 2.26 bits per heavy atom. The second-order valence-electron chi connectivity index (χ2n) is 8.64. The number of amides is 1. The number of Topliss-reactive ketones (excluding diaryl/α,β-unsaturated/α-hetero) is 1. The molecular weight excluding hydrogens is 440 g/mol. The molecule has 0 bridgehead atoms. The van der Waals surface area contributed by atoms with Crippen LogP contribution in [0.2, 0.25) is 0 Å². The molecule has 1 saturated heterocycles. The fraction of sp³-hybridized carbons (Fsp3) is 0.241. The number of ether oxygens (including phenoxy) is 1. The highest BCUT2D eigenvalue weighted by Gasteiger charge is 2.47. The van der Waals surface area contributed by atoms with Crippen molar-refractivity contribution in [2.75, 3.05) is 30.5 Å². The summed E-state index contributed by atoms with van der Waals surface area (Å²) in [4.78, 5) is 30.1. The minimum atomic E-state index is -0.800. The number of carbonyl (C=O) groups is 2. The quantitative estimate of drug-likeness (QED) is 0.287. The topological polar surface area (TPSA) is 70.1 Å². The van der Waals surface area contributed by atoms with Crippen LogP contribution >= 0.6 is 0 Å². The van der Waals surface area contributed by atoms with Crippen LogP contribution in [0, 0.1) is 0 Å². The summed E-state index contributed by atoms with van der Waals surface area (Å²) in [5.41, 5.74) is 3.89. The fourth-order valence-corrected chi connectivity index (χ4v) is 4.32. The summed E-state index contributed by atoms with van der Waals surface area (Å²) in [5.74, 6) is -0.956. The van der Waals surface area contributed by atoms with Crippen LogP contribution < -0.4 is 14.5 Å². The smallest absolute Gasteiger partial charge is 0.300 e. The van der Waals surface area contributed by atoms with Crippen LogP contribution in [0.4, 0.5) is 11.4 Å². The second kappa shape index (κ2) is 10.1. The molecule has 0 radical (unpaired) electrons. The number of aliphatic hydroxyl groups is 1. The van der Waals surface area contributed by atoms with Gasteiger partial charge in [0.1, 0.15) is 11.5 Å². The van der Waals surface area contributed by atoms with Gasteiger partial charge in [0.15, 0.2) is 0 Å². The first-order valence-corrected chi connectivity index (χ1v) is 11.8. The lowest BCUT2D eigenvalue weighted by molar-refractivity contribution is -0.132. The molecule has 3 aromatic carbocycles. The van der Waals surface area contributed by atoms with E-state index in [0.29, 0.717) is 29.2 Å². The Bertz CT molecular complexity index is 1260. The Morgan fingerprint density at radius 1 is 0.971 bits per heavy atom. The van der Waals surface area contributed by atoms with Gasteiger partial charge < -0.3 is 14.7 Å². The predicted molar refractivity (Wildman–Crippen MR) is 139 cm³/mol. The van der Waals surface area contributed by atoms with Crippen molar-refractivity contribution in [2.45, 2.75) is 26.3 Å². The summed E-state index contributed by atoms with van der Waals surface area (Å²) < 4.78 is 5.68. The highest BCUT2D eigenvalue weighted by atomic mass is 16.5. The van der Waals surface area contributed by atoms with Crippen LogP contribution in [-0.2, 0) is 16.0 Å². The molecule has 1 aliphatic heterocycles. The third-order valence-corrected chi connectivity index (χ3v) is 6.21. The molecule has 180 valence electrons. The van der Waals surface area contributed by atoms with Gasteiger partial charge in [-0.3, -0.25) is 14.5 Å². The molecule has 1 N–H and O–H groups in total. The maximum Gasteiger partial charge on any atom is 0.300 e. The summed E-state index contributed by atoms with van der Waals surface area (Å²) >= 11 is 0. The molecule has 0 spiro atoms. The summed E-state index contributed by atoms with van der Waals surface area (Å²) in [5, 5.41) is 11.3. The van der Waals surface area contributed by atoms with Gasteiger partial charge in [-0.25, -0.2) is 0 Å². The van der Waals surface area contributed by atoms with Gasteiger partial charge in [0.25, 0.3) is 11.7 Å². The molecule has 6 heteroatoms. The van der Waals surface area contributed by atoms with Gasteiger partial charge in [0, 0.05) is 31.0 Å². The van der Waals surface area contributed by atoms with Crippen LogP contribution in [0.5, 0.6) is 5.75 Å². The van der Waals surface area contributed by atoms with Gasteiger partial charge in [-0.15, -0.1) is 0 Å². The number of aliphatic hydroxyl groups excluding tert-OH is 1. The van der Waals surface area contributed by atoms with E-state index >= 15 is 0 Å². The molecule has 3 aromatic rings. The fourth-order valence-electron chi connectivity index (χ4n) is 4.32. The van der Waals surface area contributed by atoms with Crippen molar-refractivity contribution in [1.29, 1.82) is 0 Å². The van der Waals surface area contributed by atoms with Gasteiger partial charge in [-0.05, 0) is 60.9 Å². The highest BCUT2D eigenvalue weighted by Crippen LogP contribution is 2.43. The number of ketones is 1. The van der Waals surface area contributed by atoms with Crippen LogP contribution in [0.25, 0.3) is 5.76 Å². The highest BCUT2D eigenvalue weighted by molar-refractivity contribution is 6.51. The molecular formula is C29H30N2O4. The largest absolute Gasteiger partial charge is 0.507 e. The predicted octanol–water partition coefficient (Wildman–Crippen LogP) is 5.34. The lowest BCUT2D eigenvalue weighted by Crippen LogP contribution is -2.29. The van der Waals surface area contributed by atoms with Crippen LogP contribution in [0.1, 0.15) is 36.6 Å². The van der Waals surface area contributed by atoms with Crippen molar-refractivity contribution < 1.29 is 19.4 Å². The first kappa shape index (κ1) is 24.1. The first-order valence-electron chi connectivity index (χ1n) is 11.8. The van der Waals surface area contributed by atoms with E-state index in [1.807, 2.05) is 93.5 Å². The normalized spacial score (nSPS) is 17.0. The summed E-state index contributed by atoms with van der Waals surface area (Å²) in [7, 11) is 3.87. The molecule has 1 fully saturated rings. The van der Waals surface area contributed by atoms with E-state index < -0.39 is 17.7 Å². The van der Waals surface area contributed by atoms with Crippen molar-refractivity contribution in [3.63, 3.8) is 0 Å². The van der Waals surface area contributed by atoms with E-state index in [4.69, 9.17) is 4.74 Å². The van der Waals surface area contributed by atoms with Crippen LogP contribution in [0.15, 0.2) is 78.4 Å². The van der Waals surface area contributed by atoms with E-state index in [9.17, 15) is 14.7 Å². The van der Waals surface area contributed by atoms with E-state index in [-0.39, 0.29) is 11.3 Å². The molecule has 0 aliphatic carbocycles. The number of carbonyl (C=O) groups excluding carboxylic acids is 2. The monoisotopic (exact) mass is 470 g/mol. The zero-order valence-electron chi connectivity index (χ0n) is 20.5. The minimum Gasteiger partial charge on any atom is -0.507 e. The number of hydrogen-bond donors (Lipinski definition) is 1. The Hall–Kier alpha value is -4.06. The molecule has 4 rings (SSSR count). The van der Waals surface area contributed by atoms with E-state index in [0.717, 1.165) is 17.7 Å². The SMILES string of the molecule is CCOc1cccc(C2/C(=C(/O)c3ccc(CC)cc3)C(=O)C(=O)N2c2ccc(N(C)C)cc2)c1. The van der Waals surface area contributed by atoms with Crippen molar-refractivity contribution in [1.82, 2.24) is 0 Å². The number of aryl methyl sites for hydroxylation is 1. The van der Waals surface area contributed by atoms with Crippen molar-refractivity contribution in [3.8, 4) is 5.75 Å². The Morgan fingerprint density at radius 2 is 1.66 bits per heavy atom. The number of rotatable bonds is 7. The van der Waals surface area contributed by atoms with Crippen LogP contribution in [0.3, 0.4) is 0 Å². The lowest BCUT2D eigenvalue weighted by atomic mass is 9.94. The first-order chi connectivity index (χ1) is 16.8. The maximum atomic E-state index is 13.4. The molecule has 1 heterocycles. The minimum absolute atomic E-state index is 0.0598. The van der Waals surface area contributed by atoms with E-state index in [1.54, 1.807) is 12.1 Å². The Balaban J connectivity index is 1.89. The van der Waals surface area contributed by atoms with Gasteiger partial charge in [0.05, 0.1) is 18.2 Å². The summed E-state index contributed by atoms with van der Waals surface area (Å²) in [6.45, 7) is 4.43. The number of anilines is 2.